The summed E-state index contributed by atoms with van der Waals surface area (Å²) < 4.78 is 0. The summed E-state index contributed by atoms with van der Waals surface area (Å²) in [6.45, 7) is 18.6. The summed E-state index contributed by atoms with van der Waals surface area (Å²) in [5.41, 5.74) is 2.30. The molecule has 1 aromatic rings. The van der Waals surface area contributed by atoms with Gasteiger partial charge in [-0.3, -0.25) is 14.6 Å². The van der Waals surface area contributed by atoms with E-state index in [-0.39, 0.29) is 11.7 Å². The Morgan fingerprint density at radius 1 is 1.00 bits per heavy atom. The fourth-order valence-electron chi connectivity index (χ4n) is 3.11. The Morgan fingerprint density at radius 3 is 2.07 bits per heavy atom. The molecule has 0 aromatic heterocycles. The molecule has 0 aliphatic carbocycles. The second-order valence-corrected chi connectivity index (χ2v) is 7.51. The van der Waals surface area contributed by atoms with Crippen LogP contribution >= 0.6 is 0 Å². The third-order valence-corrected chi connectivity index (χ3v) is 5.09. The van der Waals surface area contributed by atoms with E-state index in [1.165, 1.54) is 0 Å². The van der Waals surface area contributed by atoms with Crippen LogP contribution in [0.2, 0.25) is 0 Å². The maximum atomic E-state index is 12.7. The third kappa shape index (κ3) is 7.51. The Bertz CT molecular complexity index is 579. The smallest absolute Gasteiger partial charge is 0.255 e. The number of benzene rings is 1. The first kappa shape index (κ1) is 23.4. The zero-order valence-electron chi connectivity index (χ0n) is 18.1. The van der Waals surface area contributed by atoms with Crippen molar-refractivity contribution in [3.05, 3.63) is 28.8 Å². The van der Waals surface area contributed by atoms with Gasteiger partial charge in [-0.2, -0.15) is 0 Å². The molecule has 0 fully saturated rings. The van der Waals surface area contributed by atoms with Gasteiger partial charge in [0.25, 0.3) is 5.91 Å². The van der Waals surface area contributed by atoms with Gasteiger partial charge < -0.3 is 10.4 Å². The molecule has 0 saturated carbocycles. The highest BCUT2D eigenvalue weighted by Crippen LogP contribution is 2.27. The fraction of sp³-hybridized carbons (Fsp3) is 0.682. The zero-order chi connectivity index (χ0) is 20.4. The van der Waals surface area contributed by atoms with Crippen molar-refractivity contribution < 1.29 is 9.90 Å². The minimum atomic E-state index is -0.185. The van der Waals surface area contributed by atoms with Gasteiger partial charge >= 0.3 is 0 Å². The van der Waals surface area contributed by atoms with Gasteiger partial charge in [0.15, 0.2) is 0 Å². The molecular formula is C22H39N3O2. The van der Waals surface area contributed by atoms with Gasteiger partial charge in [-0.15, -0.1) is 0 Å². The number of hydrogen-bond donors (Lipinski definition) is 2. The van der Waals surface area contributed by atoms with E-state index in [0.717, 1.165) is 50.3 Å². The molecule has 2 N–H and O–H groups in total. The third-order valence-electron chi connectivity index (χ3n) is 5.09. The molecule has 1 rings (SSSR count). The maximum absolute atomic E-state index is 12.7. The van der Waals surface area contributed by atoms with Gasteiger partial charge in [-0.05, 0) is 56.2 Å². The molecular weight excluding hydrogens is 338 g/mol. The number of rotatable bonds is 12. The number of phenolic OH excluding ortho intramolecular Hbond substituents is 1. The first-order valence-corrected chi connectivity index (χ1v) is 10.4. The Balaban J connectivity index is 3.15. The molecule has 0 unspecified atom stereocenters. The van der Waals surface area contributed by atoms with E-state index >= 15 is 0 Å². The van der Waals surface area contributed by atoms with E-state index in [2.05, 4.69) is 62.7 Å². The van der Waals surface area contributed by atoms with Gasteiger partial charge in [0.05, 0.1) is 5.56 Å². The Morgan fingerprint density at radius 2 is 1.56 bits per heavy atom. The average molecular weight is 378 g/mol. The van der Waals surface area contributed by atoms with Gasteiger partial charge in [0, 0.05) is 25.2 Å². The number of carbonyl (C=O) groups is 1. The molecule has 5 heteroatoms. The van der Waals surface area contributed by atoms with Crippen molar-refractivity contribution >= 4 is 5.91 Å². The molecule has 0 atom stereocenters. The summed E-state index contributed by atoms with van der Waals surface area (Å²) in [5, 5.41) is 13.7. The lowest BCUT2D eigenvalue weighted by atomic mass is 10.0. The van der Waals surface area contributed by atoms with Crippen molar-refractivity contribution in [2.24, 2.45) is 5.92 Å². The van der Waals surface area contributed by atoms with Crippen molar-refractivity contribution in [3.8, 4) is 5.75 Å². The SMILES string of the molecule is CCN(CC)Cc1cc(CN(CC)CC)c(O)c(C(=O)NCCC(C)C)c1. The number of carbonyl (C=O) groups excluding carboxylic acids is 1. The Kier molecular flexibility index (Phi) is 10.4. The van der Waals surface area contributed by atoms with Gasteiger partial charge in [0.2, 0.25) is 0 Å². The molecule has 27 heavy (non-hydrogen) atoms. The molecule has 1 aromatic carbocycles. The minimum absolute atomic E-state index is 0.118. The molecule has 5 nitrogen and oxygen atoms in total. The van der Waals surface area contributed by atoms with Crippen LogP contribution in [0.5, 0.6) is 5.75 Å². The normalized spacial score (nSPS) is 11.6. The van der Waals surface area contributed by atoms with Gasteiger partial charge in [-0.1, -0.05) is 41.5 Å². The molecule has 154 valence electrons. The number of aromatic hydroxyl groups is 1. The van der Waals surface area contributed by atoms with E-state index in [0.29, 0.717) is 24.6 Å². The standard InChI is InChI=1S/C22H39N3O2/c1-7-24(8-2)15-18-13-19(16-25(9-3)10-4)21(26)20(14-18)22(27)23-12-11-17(5)6/h13-14,17,26H,7-12,15-16H2,1-6H3,(H,23,27). The van der Waals surface area contributed by atoms with Crippen LogP contribution in [0.15, 0.2) is 12.1 Å². The first-order valence-electron chi connectivity index (χ1n) is 10.4. The zero-order valence-corrected chi connectivity index (χ0v) is 18.1. The molecule has 0 aliphatic rings. The predicted octanol–water partition coefficient (Wildman–Crippen LogP) is 3.85. The number of nitrogens with one attached hydrogen (secondary N) is 1. The van der Waals surface area contributed by atoms with Crippen molar-refractivity contribution in [2.75, 3.05) is 32.7 Å². The van der Waals surface area contributed by atoms with Gasteiger partial charge in [0.1, 0.15) is 5.75 Å². The van der Waals surface area contributed by atoms with Crippen LogP contribution in [0.4, 0.5) is 0 Å². The van der Waals surface area contributed by atoms with Crippen LogP contribution < -0.4 is 5.32 Å². The number of nitrogens with zero attached hydrogens (tertiary/aromatic N) is 2. The first-order chi connectivity index (χ1) is 12.9. The summed E-state index contributed by atoms with van der Waals surface area (Å²) in [6, 6.07) is 3.90. The molecule has 0 bridgehead atoms. The summed E-state index contributed by atoms with van der Waals surface area (Å²) in [6.07, 6.45) is 0.929. The van der Waals surface area contributed by atoms with Crippen LogP contribution in [-0.4, -0.2) is 53.5 Å². The lowest BCUT2D eigenvalue weighted by Crippen LogP contribution is -2.27. The van der Waals surface area contributed by atoms with Crippen molar-refractivity contribution in [3.63, 3.8) is 0 Å². The molecule has 0 aliphatic heterocycles. The topological polar surface area (TPSA) is 55.8 Å². The summed E-state index contributed by atoms with van der Waals surface area (Å²) in [7, 11) is 0. The quantitative estimate of drug-likeness (QED) is 0.581. The molecule has 0 saturated heterocycles. The second kappa shape index (κ2) is 12.0. The van der Waals surface area contributed by atoms with E-state index in [9.17, 15) is 9.90 Å². The van der Waals surface area contributed by atoms with Crippen LogP contribution in [0.25, 0.3) is 0 Å². The number of hydrogen-bond acceptors (Lipinski definition) is 4. The lowest BCUT2D eigenvalue weighted by molar-refractivity contribution is 0.0948. The summed E-state index contributed by atoms with van der Waals surface area (Å²) in [4.78, 5) is 17.3. The number of amides is 1. The summed E-state index contributed by atoms with van der Waals surface area (Å²) in [5.74, 6) is 0.466. The summed E-state index contributed by atoms with van der Waals surface area (Å²) >= 11 is 0. The van der Waals surface area contributed by atoms with E-state index in [1.54, 1.807) is 0 Å². The van der Waals surface area contributed by atoms with Crippen molar-refractivity contribution in [1.82, 2.24) is 15.1 Å². The second-order valence-electron chi connectivity index (χ2n) is 7.51. The Hall–Kier alpha value is -1.59. The Labute approximate surface area is 165 Å². The van der Waals surface area contributed by atoms with Crippen LogP contribution in [-0.2, 0) is 13.1 Å². The van der Waals surface area contributed by atoms with E-state index < -0.39 is 0 Å². The predicted molar refractivity (Wildman–Crippen MR) is 113 cm³/mol. The van der Waals surface area contributed by atoms with Crippen LogP contribution in [0.1, 0.15) is 69.4 Å². The average Bonchev–Trinajstić information content (AvgIpc) is 2.65. The lowest BCUT2D eigenvalue weighted by Gasteiger charge is -2.23. The number of phenols is 1. The highest BCUT2D eigenvalue weighted by atomic mass is 16.3. The minimum Gasteiger partial charge on any atom is -0.507 e. The molecule has 0 spiro atoms. The highest BCUT2D eigenvalue weighted by Gasteiger charge is 2.18. The van der Waals surface area contributed by atoms with Gasteiger partial charge in [-0.25, -0.2) is 0 Å². The van der Waals surface area contributed by atoms with Crippen molar-refractivity contribution in [2.45, 2.75) is 61.1 Å². The van der Waals surface area contributed by atoms with Crippen molar-refractivity contribution in [1.29, 1.82) is 0 Å². The molecule has 0 heterocycles. The van der Waals surface area contributed by atoms with E-state index in [1.807, 2.05) is 6.07 Å². The monoisotopic (exact) mass is 377 g/mol. The fourth-order valence-corrected chi connectivity index (χ4v) is 3.11. The van der Waals surface area contributed by atoms with Crippen LogP contribution in [0, 0.1) is 5.92 Å². The van der Waals surface area contributed by atoms with E-state index in [4.69, 9.17) is 0 Å². The molecule has 1 amide bonds. The maximum Gasteiger partial charge on any atom is 0.255 e. The highest BCUT2D eigenvalue weighted by molar-refractivity contribution is 5.97. The molecule has 0 radical (unpaired) electrons. The van der Waals surface area contributed by atoms with Crippen LogP contribution in [0.3, 0.4) is 0 Å². The largest absolute Gasteiger partial charge is 0.507 e.